The van der Waals surface area contributed by atoms with Gasteiger partial charge in [0.05, 0.1) is 0 Å². The van der Waals surface area contributed by atoms with Crippen LogP contribution in [0.5, 0.6) is 0 Å². The number of ketones is 2. The van der Waals surface area contributed by atoms with Crippen molar-refractivity contribution in [2.75, 3.05) is 6.61 Å². The van der Waals surface area contributed by atoms with E-state index in [2.05, 4.69) is 0 Å². The van der Waals surface area contributed by atoms with Gasteiger partial charge in [0.1, 0.15) is 12.4 Å². The summed E-state index contributed by atoms with van der Waals surface area (Å²) in [5.74, 6) is -2.55. The third-order valence-electron chi connectivity index (χ3n) is 3.83. The maximum atomic E-state index is 12.1. The van der Waals surface area contributed by atoms with Crippen LogP contribution in [0.25, 0.3) is 0 Å². The van der Waals surface area contributed by atoms with Crippen molar-refractivity contribution in [3.63, 3.8) is 0 Å². The second-order valence-electron chi connectivity index (χ2n) is 5.05. The lowest BCUT2D eigenvalue weighted by Crippen LogP contribution is -2.41. The van der Waals surface area contributed by atoms with Crippen molar-refractivity contribution < 1.29 is 24.5 Å². The van der Waals surface area contributed by atoms with Gasteiger partial charge in [-0.1, -0.05) is 6.08 Å². The average molecular weight is 266 g/mol. The summed E-state index contributed by atoms with van der Waals surface area (Å²) in [4.78, 5) is 24.1. The predicted molar refractivity (Wildman–Crippen MR) is 66.9 cm³/mol. The summed E-state index contributed by atoms with van der Waals surface area (Å²) in [6.07, 6.45) is 3.07. The van der Waals surface area contributed by atoms with Gasteiger partial charge in [0, 0.05) is 17.9 Å². The Hall–Kier alpha value is -1.46. The molecule has 5 nitrogen and oxygen atoms in total. The molecule has 0 radical (unpaired) electrons. The number of carbonyl (C=O) groups excluding carboxylic acids is 2. The van der Waals surface area contributed by atoms with Crippen molar-refractivity contribution in [2.24, 2.45) is 5.92 Å². The van der Waals surface area contributed by atoms with Crippen molar-refractivity contribution in [1.29, 1.82) is 0 Å². The topological polar surface area (TPSA) is 83.8 Å². The van der Waals surface area contributed by atoms with Gasteiger partial charge in [0.2, 0.25) is 5.78 Å². The minimum absolute atomic E-state index is 0.0290. The van der Waals surface area contributed by atoms with Crippen LogP contribution in [-0.4, -0.2) is 34.2 Å². The van der Waals surface area contributed by atoms with Crippen molar-refractivity contribution in [2.45, 2.75) is 38.9 Å². The fourth-order valence-corrected chi connectivity index (χ4v) is 2.53. The van der Waals surface area contributed by atoms with Crippen molar-refractivity contribution in [1.82, 2.24) is 0 Å². The largest absolute Gasteiger partial charge is 0.456 e. The Morgan fingerprint density at radius 2 is 2.26 bits per heavy atom. The third kappa shape index (κ3) is 2.24. The smallest absolute Gasteiger partial charge is 0.295 e. The zero-order chi connectivity index (χ0) is 14.2. The summed E-state index contributed by atoms with van der Waals surface area (Å²) in [5.41, 5.74) is 1.03. The Balaban J connectivity index is 2.18. The van der Waals surface area contributed by atoms with E-state index in [1.807, 2.05) is 0 Å². The molecule has 0 saturated heterocycles. The molecule has 0 bridgehead atoms. The van der Waals surface area contributed by atoms with E-state index in [0.717, 1.165) is 0 Å². The molecule has 104 valence electrons. The Morgan fingerprint density at radius 1 is 1.58 bits per heavy atom. The molecule has 0 aromatic heterocycles. The molecule has 1 heterocycles. The van der Waals surface area contributed by atoms with Gasteiger partial charge in [-0.25, -0.2) is 0 Å². The zero-order valence-corrected chi connectivity index (χ0v) is 11.1. The van der Waals surface area contributed by atoms with Gasteiger partial charge in [0.15, 0.2) is 5.78 Å². The first-order valence-electron chi connectivity index (χ1n) is 6.39. The number of hydrogen-bond donors (Lipinski definition) is 2. The third-order valence-corrected chi connectivity index (χ3v) is 3.83. The molecule has 0 amide bonds. The van der Waals surface area contributed by atoms with Crippen molar-refractivity contribution in [3.8, 4) is 0 Å². The maximum absolute atomic E-state index is 12.1. The van der Waals surface area contributed by atoms with Gasteiger partial charge >= 0.3 is 0 Å². The summed E-state index contributed by atoms with van der Waals surface area (Å²) in [6.45, 7) is 2.78. The maximum Gasteiger partial charge on any atom is 0.295 e. The first kappa shape index (κ1) is 14.0. The highest BCUT2D eigenvalue weighted by molar-refractivity contribution is 6.05. The van der Waals surface area contributed by atoms with Crippen LogP contribution in [-0.2, 0) is 14.3 Å². The number of Topliss-reactive ketones (excluding diaryl/α,β-unsaturated/α-hetero) is 2. The summed E-state index contributed by atoms with van der Waals surface area (Å²) >= 11 is 0. The molecule has 19 heavy (non-hydrogen) atoms. The van der Waals surface area contributed by atoms with Crippen LogP contribution in [0.15, 0.2) is 23.0 Å². The normalized spacial score (nSPS) is 31.3. The van der Waals surface area contributed by atoms with Crippen molar-refractivity contribution >= 4 is 11.6 Å². The van der Waals surface area contributed by atoms with Gasteiger partial charge in [-0.05, 0) is 32.3 Å². The second-order valence-corrected chi connectivity index (χ2v) is 5.05. The van der Waals surface area contributed by atoms with Crippen LogP contribution in [0.1, 0.15) is 33.1 Å². The summed E-state index contributed by atoms with van der Waals surface area (Å²) in [7, 11) is 0. The molecule has 1 aliphatic heterocycles. The Labute approximate surface area is 111 Å². The fourth-order valence-electron chi connectivity index (χ4n) is 2.53. The molecular weight excluding hydrogens is 248 g/mol. The first-order valence-corrected chi connectivity index (χ1v) is 6.39. The molecule has 0 aromatic carbocycles. The van der Waals surface area contributed by atoms with E-state index in [0.29, 0.717) is 29.7 Å². The fraction of sp³-hybridized carbons (Fsp3) is 0.571. The highest BCUT2D eigenvalue weighted by atomic mass is 16.6. The number of allylic oxidation sites excluding steroid dienone is 3. The standard InChI is InChI=1S/C14H18O5/c1-3-8(2)12(16)9-4-5-11-10(6-9)13(17)14(18,7-15)19-11/h3,9,15,18H,4-7H2,1-2H3/b8-3+/t9-,14-/m1/s1. The van der Waals surface area contributed by atoms with Crippen LogP contribution in [0.2, 0.25) is 0 Å². The van der Waals surface area contributed by atoms with Crippen LogP contribution < -0.4 is 0 Å². The molecule has 0 aromatic rings. The Kier molecular flexibility index (Phi) is 3.60. The minimum Gasteiger partial charge on any atom is -0.456 e. The lowest BCUT2D eigenvalue weighted by molar-refractivity contribution is -0.191. The summed E-state index contributed by atoms with van der Waals surface area (Å²) < 4.78 is 5.14. The number of aliphatic hydroxyl groups is 2. The lowest BCUT2D eigenvalue weighted by atomic mass is 9.81. The predicted octanol–water partition coefficient (Wildman–Crippen LogP) is 0.856. The number of rotatable bonds is 3. The molecule has 0 fully saturated rings. The molecule has 2 rings (SSSR count). The van der Waals surface area contributed by atoms with Gasteiger partial charge in [-0.2, -0.15) is 0 Å². The monoisotopic (exact) mass is 266 g/mol. The molecule has 5 heteroatoms. The highest BCUT2D eigenvalue weighted by Gasteiger charge is 2.49. The lowest BCUT2D eigenvalue weighted by Gasteiger charge is -2.21. The molecule has 1 aliphatic carbocycles. The molecule has 2 aliphatic rings. The van der Waals surface area contributed by atoms with Crippen LogP contribution in [0.3, 0.4) is 0 Å². The van der Waals surface area contributed by atoms with Gasteiger partial charge in [-0.3, -0.25) is 9.59 Å². The van der Waals surface area contributed by atoms with Crippen LogP contribution in [0, 0.1) is 5.92 Å². The van der Waals surface area contributed by atoms with Crippen LogP contribution >= 0.6 is 0 Å². The zero-order valence-electron chi connectivity index (χ0n) is 11.1. The number of hydrogen-bond acceptors (Lipinski definition) is 5. The molecular formula is C14H18O5. The van der Waals surface area contributed by atoms with Crippen molar-refractivity contribution in [3.05, 3.63) is 23.0 Å². The molecule has 2 atom stereocenters. The quantitative estimate of drug-likeness (QED) is 0.740. The number of ether oxygens (including phenoxy) is 1. The average Bonchev–Trinajstić information content (AvgIpc) is 2.69. The highest BCUT2D eigenvalue weighted by Crippen LogP contribution is 2.40. The number of carbonyl (C=O) groups is 2. The van der Waals surface area contributed by atoms with Gasteiger partial charge < -0.3 is 14.9 Å². The van der Waals surface area contributed by atoms with Crippen LogP contribution in [0.4, 0.5) is 0 Å². The van der Waals surface area contributed by atoms with E-state index >= 15 is 0 Å². The van der Waals surface area contributed by atoms with E-state index in [1.54, 1.807) is 19.9 Å². The molecule has 0 saturated carbocycles. The Morgan fingerprint density at radius 3 is 2.84 bits per heavy atom. The summed E-state index contributed by atoms with van der Waals surface area (Å²) in [6, 6.07) is 0. The van der Waals surface area contributed by atoms with E-state index in [9.17, 15) is 14.7 Å². The van der Waals surface area contributed by atoms with Gasteiger partial charge in [0.25, 0.3) is 5.79 Å². The molecule has 0 spiro atoms. The van der Waals surface area contributed by atoms with Gasteiger partial charge in [-0.15, -0.1) is 0 Å². The number of aliphatic hydroxyl groups excluding tert-OH is 1. The second kappa shape index (κ2) is 4.90. The molecule has 0 unspecified atom stereocenters. The molecule has 2 N–H and O–H groups in total. The van der Waals surface area contributed by atoms with E-state index in [-0.39, 0.29) is 18.1 Å². The minimum atomic E-state index is -2.14. The summed E-state index contributed by atoms with van der Waals surface area (Å²) in [5, 5.41) is 18.9. The van der Waals surface area contributed by atoms with E-state index < -0.39 is 18.2 Å². The van der Waals surface area contributed by atoms with E-state index in [4.69, 9.17) is 9.84 Å². The van der Waals surface area contributed by atoms with E-state index in [1.165, 1.54) is 0 Å². The SMILES string of the molecule is C/C=C(\C)C(=O)[C@@H]1CCC2=C(C1)C(=O)[C@@](O)(CO)O2. The Bertz CT molecular complexity index is 488. The first-order chi connectivity index (χ1) is 8.92.